The number of rotatable bonds is 6. The van der Waals surface area contributed by atoms with E-state index in [9.17, 15) is 13.2 Å². The third-order valence-electron chi connectivity index (χ3n) is 5.43. The van der Waals surface area contributed by atoms with Crippen LogP contribution in [0.3, 0.4) is 0 Å². The number of nitrogens with zero attached hydrogens (tertiary/aromatic N) is 3. The summed E-state index contributed by atoms with van der Waals surface area (Å²) >= 11 is 0. The van der Waals surface area contributed by atoms with Gasteiger partial charge in [-0.25, -0.2) is 13.2 Å². The topological polar surface area (TPSA) is 85.6 Å². The molecule has 1 fully saturated rings. The Labute approximate surface area is 175 Å². The van der Waals surface area contributed by atoms with Crippen molar-refractivity contribution in [3.63, 3.8) is 0 Å². The number of morpholine rings is 1. The predicted molar refractivity (Wildman–Crippen MR) is 118 cm³/mol. The summed E-state index contributed by atoms with van der Waals surface area (Å²) in [7, 11) is -3.79. The Morgan fingerprint density at radius 2 is 1.57 bits per heavy atom. The van der Waals surface area contributed by atoms with Crippen LogP contribution in [0.2, 0.25) is 0 Å². The molecule has 1 saturated heterocycles. The number of hydrogen-bond donors (Lipinski definition) is 1. The molecular weight excluding hydrogens is 404 g/mol. The molecule has 8 nitrogen and oxygen atoms in total. The lowest BCUT2D eigenvalue weighted by molar-refractivity contribution is 0.122. The van der Waals surface area contributed by atoms with Crippen molar-refractivity contribution in [1.82, 2.24) is 9.13 Å². The zero-order valence-electron chi connectivity index (χ0n) is 17.2. The molecule has 9 heteroatoms. The zero-order chi connectivity index (χ0) is 21.3. The Hall–Kier alpha value is -2.78. The molecule has 2 aromatic carbocycles. The highest BCUT2D eigenvalue weighted by atomic mass is 32.2. The van der Waals surface area contributed by atoms with E-state index in [1.807, 2.05) is 26.0 Å². The number of hydrogen-bond acceptors (Lipinski definition) is 5. The van der Waals surface area contributed by atoms with Gasteiger partial charge < -0.3 is 9.64 Å². The summed E-state index contributed by atoms with van der Waals surface area (Å²) in [6.07, 6.45) is 0. The van der Waals surface area contributed by atoms with Crippen LogP contribution in [0.5, 0.6) is 0 Å². The molecule has 2 heterocycles. The van der Waals surface area contributed by atoms with Crippen molar-refractivity contribution >= 4 is 32.4 Å². The fourth-order valence-corrected chi connectivity index (χ4v) is 4.93. The maximum absolute atomic E-state index is 13.0. The maximum atomic E-state index is 13.0. The number of fused-ring (bicyclic) bond motifs is 1. The number of aromatic nitrogens is 2. The van der Waals surface area contributed by atoms with Crippen LogP contribution in [0.15, 0.2) is 52.2 Å². The van der Waals surface area contributed by atoms with Crippen molar-refractivity contribution in [3.8, 4) is 0 Å². The number of sulfonamides is 1. The molecule has 1 aromatic heterocycles. The summed E-state index contributed by atoms with van der Waals surface area (Å²) in [5, 5.41) is 0. The summed E-state index contributed by atoms with van der Waals surface area (Å²) in [5.41, 5.74) is 2.76. The van der Waals surface area contributed by atoms with E-state index in [2.05, 4.69) is 9.62 Å². The highest BCUT2D eigenvalue weighted by Gasteiger charge is 2.19. The molecule has 4 rings (SSSR count). The molecule has 3 aromatic rings. The molecule has 1 aliphatic heterocycles. The fourth-order valence-electron chi connectivity index (χ4n) is 3.85. The molecule has 0 amide bonds. The molecule has 0 radical (unpaired) electrons. The van der Waals surface area contributed by atoms with Crippen LogP contribution in [0.4, 0.5) is 11.4 Å². The first-order valence-electron chi connectivity index (χ1n) is 10.1. The van der Waals surface area contributed by atoms with Gasteiger partial charge in [0.1, 0.15) is 0 Å². The zero-order valence-corrected chi connectivity index (χ0v) is 18.0. The van der Waals surface area contributed by atoms with Gasteiger partial charge in [-0.2, -0.15) is 0 Å². The smallest absolute Gasteiger partial charge is 0.329 e. The van der Waals surface area contributed by atoms with Crippen LogP contribution in [0.25, 0.3) is 11.0 Å². The van der Waals surface area contributed by atoms with Crippen molar-refractivity contribution in [2.45, 2.75) is 31.8 Å². The molecule has 30 heavy (non-hydrogen) atoms. The second kappa shape index (κ2) is 8.16. The maximum Gasteiger partial charge on any atom is 0.329 e. The number of benzene rings is 2. The summed E-state index contributed by atoms with van der Waals surface area (Å²) in [6, 6.07) is 12.1. The van der Waals surface area contributed by atoms with Crippen LogP contribution in [0.1, 0.15) is 13.8 Å². The summed E-state index contributed by atoms with van der Waals surface area (Å²) in [6.45, 7) is 7.80. The predicted octanol–water partition coefficient (Wildman–Crippen LogP) is 2.48. The Balaban J connectivity index is 1.62. The summed E-state index contributed by atoms with van der Waals surface area (Å²) in [4.78, 5) is 14.8. The van der Waals surface area contributed by atoms with E-state index >= 15 is 0 Å². The number of imidazole rings is 1. The molecule has 0 spiro atoms. The first-order valence-corrected chi connectivity index (χ1v) is 11.6. The molecule has 0 atom stereocenters. The van der Waals surface area contributed by atoms with Gasteiger partial charge in [0.2, 0.25) is 0 Å². The molecule has 1 aliphatic rings. The summed E-state index contributed by atoms with van der Waals surface area (Å²) in [5.74, 6) is 0. The molecule has 1 N–H and O–H groups in total. The Morgan fingerprint density at radius 1 is 0.933 bits per heavy atom. The largest absolute Gasteiger partial charge is 0.378 e. The lowest BCUT2D eigenvalue weighted by Gasteiger charge is -2.28. The Kier molecular flexibility index (Phi) is 5.57. The van der Waals surface area contributed by atoms with E-state index < -0.39 is 10.0 Å². The van der Waals surface area contributed by atoms with E-state index in [-0.39, 0.29) is 10.6 Å². The van der Waals surface area contributed by atoms with E-state index in [1.165, 1.54) is 0 Å². The molecule has 0 aliphatic carbocycles. The van der Waals surface area contributed by atoms with Crippen molar-refractivity contribution in [2.24, 2.45) is 0 Å². The van der Waals surface area contributed by atoms with Crippen LogP contribution in [0, 0.1) is 0 Å². The molecule has 0 bridgehead atoms. The highest BCUT2D eigenvalue weighted by molar-refractivity contribution is 7.92. The van der Waals surface area contributed by atoms with Crippen LogP contribution in [-0.4, -0.2) is 43.9 Å². The monoisotopic (exact) mass is 430 g/mol. The molecule has 160 valence electrons. The number of ether oxygens (including phenoxy) is 1. The van der Waals surface area contributed by atoms with Crippen molar-refractivity contribution in [3.05, 3.63) is 52.9 Å². The van der Waals surface area contributed by atoms with Gasteiger partial charge in [0.15, 0.2) is 0 Å². The van der Waals surface area contributed by atoms with Gasteiger partial charge in [0, 0.05) is 37.6 Å². The lowest BCUT2D eigenvalue weighted by atomic mass is 10.2. The highest BCUT2D eigenvalue weighted by Crippen LogP contribution is 2.24. The molecule has 0 saturated carbocycles. The normalized spacial score (nSPS) is 14.9. The minimum absolute atomic E-state index is 0.128. The van der Waals surface area contributed by atoms with Crippen LogP contribution >= 0.6 is 0 Å². The third kappa shape index (κ3) is 3.70. The van der Waals surface area contributed by atoms with Gasteiger partial charge in [-0.15, -0.1) is 0 Å². The van der Waals surface area contributed by atoms with E-state index in [0.717, 1.165) is 24.3 Å². The first-order chi connectivity index (χ1) is 14.4. The minimum Gasteiger partial charge on any atom is -0.378 e. The number of anilines is 2. The van der Waals surface area contributed by atoms with Crippen molar-refractivity contribution in [1.29, 1.82) is 0 Å². The second-order valence-electron chi connectivity index (χ2n) is 7.17. The average molecular weight is 431 g/mol. The van der Waals surface area contributed by atoms with E-state index in [1.54, 1.807) is 39.5 Å². The van der Waals surface area contributed by atoms with E-state index in [0.29, 0.717) is 37.5 Å². The SMILES string of the molecule is CCn1c(=O)n(CC)c2cc(S(=O)(=O)Nc3ccc(N4CCOCC4)cc3)ccc21. The van der Waals surface area contributed by atoms with Gasteiger partial charge in [-0.3, -0.25) is 13.9 Å². The van der Waals surface area contributed by atoms with Gasteiger partial charge >= 0.3 is 5.69 Å². The van der Waals surface area contributed by atoms with Gasteiger partial charge in [0.05, 0.1) is 29.1 Å². The average Bonchev–Trinajstić information content (AvgIpc) is 3.04. The third-order valence-corrected chi connectivity index (χ3v) is 6.81. The minimum atomic E-state index is -3.79. The van der Waals surface area contributed by atoms with Crippen molar-refractivity contribution in [2.75, 3.05) is 35.9 Å². The summed E-state index contributed by atoms with van der Waals surface area (Å²) < 4.78 is 37.2. The Bertz CT molecular complexity index is 1210. The first kappa shape index (κ1) is 20.5. The number of aryl methyl sites for hydroxylation is 2. The standard InChI is InChI=1S/C21H26N4O4S/c1-3-24-19-10-9-18(15-20(19)25(4-2)21(24)26)30(27,28)22-16-5-7-17(8-6-16)23-11-13-29-14-12-23/h5-10,15,22H,3-4,11-14H2,1-2H3. The lowest BCUT2D eigenvalue weighted by Crippen LogP contribution is -2.36. The quantitative estimate of drug-likeness (QED) is 0.649. The van der Waals surface area contributed by atoms with Gasteiger partial charge in [-0.05, 0) is 56.3 Å². The van der Waals surface area contributed by atoms with Gasteiger partial charge in [-0.1, -0.05) is 0 Å². The Morgan fingerprint density at radius 3 is 2.20 bits per heavy atom. The second-order valence-corrected chi connectivity index (χ2v) is 8.86. The molecule has 0 unspecified atom stereocenters. The number of nitrogens with one attached hydrogen (secondary N) is 1. The van der Waals surface area contributed by atoms with Gasteiger partial charge in [0.25, 0.3) is 10.0 Å². The van der Waals surface area contributed by atoms with Crippen molar-refractivity contribution < 1.29 is 13.2 Å². The van der Waals surface area contributed by atoms with Crippen LogP contribution in [-0.2, 0) is 27.8 Å². The van der Waals surface area contributed by atoms with Crippen LogP contribution < -0.4 is 15.3 Å². The fraction of sp³-hybridized carbons (Fsp3) is 0.381. The van der Waals surface area contributed by atoms with E-state index in [4.69, 9.17) is 4.74 Å². The molecular formula is C21H26N4O4S.